The van der Waals surface area contributed by atoms with Gasteiger partial charge in [0.15, 0.2) is 17.4 Å². The van der Waals surface area contributed by atoms with Gasteiger partial charge in [-0.15, -0.1) is 0 Å². The number of aliphatic hydroxyl groups excluding tert-OH is 2. The summed E-state index contributed by atoms with van der Waals surface area (Å²) in [4.78, 5) is 33.7. The number of carboxylic acids is 1. The Kier molecular flexibility index (Phi) is 5.69. The van der Waals surface area contributed by atoms with E-state index in [2.05, 4.69) is 27.6 Å². The molecule has 0 unspecified atom stereocenters. The first-order valence-corrected chi connectivity index (χ1v) is 8.96. The SMILES string of the molecule is Nc1nc2c(nc(CCCCC(=O)O)n2[C@@H]2O[C@H](CO)[C@@H](O)[C@H]2S)c(=O)[nH]1. The van der Waals surface area contributed by atoms with Crippen molar-refractivity contribution in [3.63, 3.8) is 0 Å². The Hall–Kier alpha value is -2.15. The third kappa shape index (κ3) is 3.78. The molecule has 0 spiro atoms. The summed E-state index contributed by atoms with van der Waals surface area (Å²) >= 11 is 4.39. The van der Waals surface area contributed by atoms with Crippen molar-refractivity contribution in [1.29, 1.82) is 0 Å². The lowest BCUT2D eigenvalue weighted by molar-refractivity contribution is -0.137. The third-order valence-electron chi connectivity index (χ3n) is 4.45. The smallest absolute Gasteiger partial charge is 0.303 e. The number of thiol groups is 1. The number of nitrogens with one attached hydrogen (secondary N) is 1. The van der Waals surface area contributed by atoms with Gasteiger partial charge in [0.25, 0.3) is 5.56 Å². The molecule has 0 radical (unpaired) electrons. The van der Waals surface area contributed by atoms with Crippen LogP contribution in [-0.2, 0) is 16.0 Å². The maximum absolute atomic E-state index is 12.2. The van der Waals surface area contributed by atoms with Crippen LogP contribution < -0.4 is 11.3 Å². The average molecular weight is 399 g/mol. The summed E-state index contributed by atoms with van der Waals surface area (Å²) in [5.74, 6) is -0.550. The summed E-state index contributed by atoms with van der Waals surface area (Å²) in [7, 11) is 0. The molecule has 148 valence electrons. The van der Waals surface area contributed by atoms with Crippen LogP contribution in [0.25, 0.3) is 11.2 Å². The largest absolute Gasteiger partial charge is 0.481 e. The number of aromatic nitrogens is 4. The first kappa shape index (κ1) is 19.6. The van der Waals surface area contributed by atoms with Crippen LogP contribution >= 0.6 is 12.6 Å². The third-order valence-corrected chi connectivity index (χ3v) is 5.02. The molecule has 11 nitrogen and oxygen atoms in total. The fourth-order valence-electron chi connectivity index (χ4n) is 3.14. The molecule has 1 aliphatic heterocycles. The van der Waals surface area contributed by atoms with E-state index in [1.807, 2.05) is 0 Å². The van der Waals surface area contributed by atoms with E-state index < -0.39 is 41.8 Å². The molecule has 1 saturated heterocycles. The molecule has 6 N–H and O–H groups in total. The highest BCUT2D eigenvalue weighted by atomic mass is 32.1. The maximum atomic E-state index is 12.2. The van der Waals surface area contributed by atoms with Gasteiger partial charge < -0.3 is 25.8 Å². The first-order chi connectivity index (χ1) is 12.8. The quantitative estimate of drug-likeness (QED) is 0.253. The molecule has 1 aliphatic rings. The standard InChI is InChI=1S/C15H21N5O6S/c16-15-18-12-9(13(25)19-15)17-7(3-1-2-4-8(22)23)20(12)14-11(27)10(24)6(5-21)26-14/h6,10-11,14,21,24,27H,1-5H2,(H,22,23)(H3,16,18,19,25)/t6-,10-,11-,14-/m1/s1. The Morgan fingerprint density at radius 2 is 2.11 bits per heavy atom. The Morgan fingerprint density at radius 1 is 1.37 bits per heavy atom. The van der Waals surface area contributed by atoms with Gasteiger partial charge in [0, 0.05) is 12.8 Å². The van der Waals surface area contributed by atoms with Crippen molar-refractivity contribution >= 4 is 35.7 Å². The number of nitrogen functional groups attached to an aromatic ring is 1. The van der Waals surface area contributed by atoms with Gasteiger partial charge in [-0.05, 0) is 12.8 Å². The van der Waals surface area contributed by atoms with Crippen molar-refractivity contribution in [3.8, 4) is 0 Å². The zero-order chi connectivity index (χ0) is 19.7. The zero-order valence-electron chi connectivity index (χ0n) is 14.3. The molecular weight excluding hydrogens is 378 g/mol. The van der Waals surface area contributed by atoms with Gasteiger partial charge in [-0.25, -0.2) is 4.98 Å². The summed E-state index contributed by atoms with van der Waals surface area (Å²) < 4.78 is 7.25. The molecule has 2 aromatic rings. The summed E-state index contributed by atoms with van der Waals surface area (Å²) in [6.45, 7) is -0.397. The molecule has 0 saturated carbocycles. The van der Waals surface area contributed by atoms with Crippen LogP contribution in [0.3, 0.4) is 0 Å². The van der Waals surface area contributed by atoms with Crippen LogP contribution in [0.2, 0.25) is 0 Å². The minimum atomic E-state index is -1.03. The predicted molar refractivity (Wildman–Crippen MR) is 97.5 cm³/mol. The average Bonchev–Trinajstić information content (AvgIpc) is 3.10. The van der Waals surface area contributed by atoms with Crippen molar-refractivity contribution in [1.82, 2.24) is 19.5 Å². The van der Waals surface area contributed by atoms with E-state index in [9.17, 15) is 19.8 Å². The number of carboxylic acid groups (broad SMARTS) is 1. The summed E-state index contributed by atoms with van der Waals surface area (Å²) in [6.07, 6.45) is -1.36. The van der Waals surface area contributed by atoms with E-state index in [0.29, 0.717) is 25.1 Å². The number of H-pyrrole nitrogens is 1. The summed E-state index contributed by atoms with van der Waals surface area (Å²) in [5.41, 5.74) is 5.37. The van der Waals surface area contributed by atoms with E-state index in [-0.39, 0.29) is 23.5 Å². The highest BCUT2D eigenvalue weighted by molar-refractivity contribution is 7.81. The summed E-state index contributed by atoms with van der Waals surface area (Å²) in [5, 5.41) is 27.6. The zero-order valence-corrected chi connectivity index (χ0v) is 15.2. The number of carbonyl (C=O) groups is 1. The van der Waals surface area contributed by atoms with Crippen LogP contribution in [0, 0.1) is 0 Å². The highest BCUT2D eigenvalue weighted by Gasteiger charge is 2.44. The number of ether oxygens (including phenoxy) is 1. The molecule has 3 rings (SSSR count). The molecule has 3 heterocycles. The minimum absolute atomic E-state index is 0.0203. The second-order valence-electron chi connectivity index (χ2n) is 6.35. The number of hydrogen-bond acceptors (Lipinski definition) is 9. The van der Waals surface area contributed by atoms with E-state index in [1.54, 1.807) is 0 Å². The van der Waals surface area contributed by atoms with E-state index in [4.69, 9.17) is 15.6 Å². The normalized spacial score (nSPS) is 25.3. The number of nitrogens with zero attached hydrogens (tertiary/aromatic N) is 3. The van der Waals surface area contributed by atoms with E-state index >= 15 is 0 Å². The fourth-order valence-corrected chi connectivity index (χ4v) is 3.54. The second-order valence-corrected chi connectivity index (χ2v) is 6.95. The Morgan fingerprint density at radius 3 is 2.74 bits per heavy atom. The number of rotatable bonds is 7. The number of nitrogens with two attached hydrogens (primary N) is 1. The van der Waals surface area contributed by atoms with Crippen LogP contribution in [0.5, 0.6) is 0 Å². The van der Waals surface area contributed by atoms with Crippen molar-refractivity contribution in [2.75, 3.05) is 12.3 Å². The number of aryl methyl sites for hydroxylation is 1. The van der Waals surface area contributed by atoms with Crippen LogP contribution in [0.4, 0.5) is 5.95 Å². The lowest BCUT2D eigenvalue weighted by atomic mass is 10.1. The molecule has 0 amide bonds. The Balaban J connectivity index is 2.01. The molecule has 0 aliphatic carbocycles. The van der Waals surface area contributed by atoms with Crippen molar-refractivity contribution < 1.29 is 24.9 Å². The number of imidazole rings is 1. The van der Waals surface area contributed by atoms with Gasteiger partial charge in [-0.1, -0.05) is 0 Å². The van der Waals surface area contributed by atoms with Gasteiger partial charge in [-0.2, -0.15) is 17.6 Å². The lowest BCUT2D eigenvalue weighted by Crippen LogP contribution is -2.30. The minimum Gasteiger partial charge on any atom is -0.481 e. The number of anilines is 1. The van der Waals surface area contributed by atoms with Crippen LogP contribution in [0.15, 0.2) is 4.79 Å². The molecular formula is C15H21N5O6S. The molecule has 4 atom stereocenters. The molecule has 0 bridgehead atoms. The maximum Gasteiger partial charge on any atom is 0.303 e. The number of unbranched alkanes of at least 4 members (excludes halogenated alkanes) is 1. The van der Waals surface area contributed by atoms with E-state index in [0.717, 1.165) is 0 Å². The summed E-state index contributed by atoms with van der Waals surface area (Å²) in [6, 6.07) is 0. The topological polar surface area (TPSA) is 177 Å². The van der Waals surface area contributed by atoms with E-state index in [1.165, 1.54) is 4.57 Å². The molecule has 27 heavy (non-hydrogen) atoms. The van der Waals surface area contributed by atoms with Crippen molar-refractivity contribution in [2.45, 2.75) is 49.4 Å². The van der Waals surface area contributed by atoms with Gasteiger partial charge in [0.1, 0.15) is 11.9 Å². The fraction of sp³-hybridized carbons (Fsp3) is 0.600. The monoisotopic (exact) mass is 399 g/mol. The second kappa shape index (κ2) is 7.84. The van der Waals surface area contributed by atoms with Crippen LogP contribution in [-0.4, -0.2) is 64.9 Å². The number of aromatic amines is 1. The number of aliphatic hydroxyl groups is 2. The lowest BCUT2D eigenvalue weighted by Gasteiger charge is -2.19. The molecule has 2 aromatic heterocycles. The van der Waals surface area contributed by atoms with Crippen molar-refractivity contribution in [3.05, 3.63) is 16.2 Å². The Bertz CT molecular complexity index is 899. The van der Waals surface area contributed by atoms with Gasteiger partial charge >= 0.3 is 5.97 Å². The van der Waals surface area contributed by atoms with Gasteiger partial charge in [-0.3, -0.25) is 19.1 Å². The molecule has 1 fully saturated rings. The molecule has 12 heteroatoms. The first-order valence-electron chi connectivity index (χ1n) is 8.44. The van der Waals surface area contributed by atoms with Gasteiger partial charge in [0.05, 0.1) is 18.0 Å². The highest BCUT2D eigenvalue weighted by Crippen LogP contribution is 2.35. The van der Waals surface area contributed by atoms with Gasteiger partial charge in [0.2, 0.25) is 5.95 Å². The Labute approximate surface area is 158 Å². The van der Waals surface area contributed by atoms with Crippen LogP contribution in [0.1, 0.15) is 31.3 Å². The molecule has 0 aromatic carbocycles. The predicted octanol–water partition coefficient (Wildman–Crippen LogP) is -0.952. The number of fused-ring (bicyclic) bond motifs is 1. The number of hydrogen-bond donors (Lipinski definition) is 6. The van der Waals surface area contributed by atoms with Crippen molar-refractivity contribution in [2.24, 2.45) is 0 Å². The number of aliphatic carboxylic acids is 1.